The first-order valence-electron chi connectivity index (χ1n) is 9.63. The molecule has 6 nitrogen and oxygen atoms in total. The molecule has 1 N–H and O–H groups in total. The molecule has 9 heteroatoms. The van der Waals surface area contributed by atoms with Crippen LogP contribution >= 0.6 is 39.3 Å². The zero-order valence-electron chi connectivity index (χ0n) is 17.3. The molecular weight excluding hydrogens is 500 g/mol. The molecule has 0 aliphatic heterocycles. The van der Waals surface area contributed by atoms with E-state index >= 15 is 0 Å². The maximum absolute atomic E-state index is 12.7. The first-order chi connectivity index (χ1) is 14.8. The van der Waals surface area contributed by atoms with Gasteiger partial charge in [0.1, 0.15) is 0 Å². The van der Waals surface area contributed by atoms with Gasteiger partial charge < -0.3 is 9.88 Å². The number of hydrogen-bond donors (Lipinski definition) is 1. The van der Waals surface area contributed by atoms with Gasteiger partial charge in [-0.25, -0.2) is 0 Å². The number of benzene rings is 2. The van der Waals surface area contributed by atoms with Crippen LogP contribution in [0, 0.1) is 5.92 Å². The van der Waals surface area contributed by atoms with Gasteiger partial charge in [0.25, 0.3) is 5.91 Å². The van der Waals surface area contributed by atoms with Crippen LogP contribution < -0.4 is 5.32 Å². The summed E-state index contributed by atoms with van der Waals surface area (Å²) >= 11 is 10.6. The lowest BCUT2D eigenvalue weighted by Gasteiger charge is -2.21. The smallest absolute Gasteiger partial charge is 0.251 e. The normalized spacial score (nSPS) is 12.1. The first kappa shape index (κ1) is 23.5. The van der Waals surface area contributed by atoms with E-state index in [-0.39, 0.29) is 29.4 Å². The highest BCUT2D eigenvalue weighted by molar-refractivity contribution is 9.10. The standard InChI is InChI=1S/C22H22BrClN4O2S/c1-13(2)19(25-21(30)15-6-10-17(24)11-7-15)20-26-27-22(28(20)3)31-12-18(29)14-4-8-16(23)9-5-14/h4-11,13,19H,12H2,1-3H3,(H,25,30). The van der Waals surface area contributed by atoms with Crippen molar-refractivity contribution in [3.8, 4) is 0 Å². The van der Waals surface area contributed by atoms with E-state index in [2.05, 4.69) is 31.4 Å². The van der Waals surface area contributed by atoms with Crippen LogP contribution in [-0.2, 0) is 7.05 Å². The molecule has 0 bridgehead atoms. The molecule has 3 rings (SSSR count). The minimum absolute atomic E-state index is 0.0125. The van der Waals surface area contributed by atoms with Crippen LogP contribution in [0.2, 0.25) is 5.02 Å². The van der Waals surface area contributed by atoms with Gasteiger partial charge in [0.15, 0.2) is 16.8 Å². The molecule has 3 aromatic rings. The predicted molar refractivity (Wildman–Crippen MR) is 127 cm³/mol. The van der Waals surface area contributed by atoms with Crippen LogP contribution in [-0.4, -0.2) is 32.2 Å². The molecule has 1 heterocycles. The van der Waals surface area contributed by atoms with Gasteiger partial charge in [0.05, 0.1) is 11.8 Å². The van der Waals surface area contributed by atoms with E-state index in [0.717, 1.165) is 4.47 Å². The Morgan fingerprint density at radius 2 is 1.68 bits per heavy atom. The van der Waals surface area contributed by atoms with Crippen molar-refractivity contribution in [3.05, 3.63) is 75.0 Å². The van der Waals surface area contributed by atoms with Gasteiger partial charge in [-0.05, 0) is 42.3 Å². The minimum Gasteiger partial charge on any atom is -0.342 e. The minimum atomic E-state index is -0.336. The third-order valence-electron chi connectivity index (χ3n) is 4.70. The van der Waals surface area contributed by atoms with Crippen LogP contribution in [0.3, 0.4) is 0 Å². The summed E-state index contributed by atoms with van der Waals surface area (Å²) in [7, 11) is 1.84. The van der Waals surface area contributed by atoms with Crippen LogP contribution in [0.25, 0.3) is 0 Å². The number of carbonyl (C=O) groups excluding carboxylic acids is 2. The highest BCUT2D eigenvalue weighted by atomic mass is 79.9. The number of carbonyl (C=O) groups is 2. The predicted octanol–water partition coefficient (Wildman–Crippen LogP) is 5.33. The Labute approximate surface area is 198 Å². The van der Waals surface area contributed by atoms with Gasteiger partial charge in [0.2, 0.25) is 0 Å². The van der Waals surface area contributed by atoms with Crippen molar-refractivity contribution in [2.45, 2.75) is 25.0 Å². The molecule has 0 radical (unpaired) electrons. The molecule has 1 atom stereocenters. The van der Waals surface area contributed by atoms with E-state index in [4.69, 9.17) is 11.6 Å². The maximum Gasteiger partial charge on any atom is 0.251 e. The second kappa shape index (κ2) is 10.4. The van der Waals surface area contributed by atoms with Crippen molar-refractivity contribution in [1.82, 2.24) is 20.1 Å². The molecule has 2 aromatic carbocycles. The molecule has 0 spiro atoms. The van der Waals surface area contributed by atoms with E-state index < -0.39 is 0 Å². The highest BCUT2D eigenvalue weighted by Gasteiger charge is 2.25. The Morgan fingerprint density at radius 3 is 2.29 bits per heavy atom. The quantitative estimate of drug-likeness (QED) is 0.320. The number of amides is 1. The van der Waals surface area contributed by atoms with Gasteiger partial charge in [-0.3, -0.25) is 9.59 Å². The molecule has 31 heavy (non-hydrogen) atoms. The molecule has 1 unspecified atom stereocenters. The number of rotatable bonds is 8. The average Bonchev–Trinajstić information content (AvgIpc) is 3.11. The molecule has 0 saturated carbocycles. The zero-order valence-corrected chi connectivity index (χ0v) is 20.5. The summed E-state index contributed by atoms with van der Waals surface area (Å²) in [5.41, 5.74) is 1.17. The number of nitrogens with zero attached hydrogens (tertiary/aromatic N) is 3. The Bertz CT molecular complexity index is 1070. The van der Waals surface area contributed by atoms with Gasteiger partial charge in [-0.15, -0.1) is 10.2 Å². The SMILES string of the molecule is CC(C)C(NC(=O)c1ccc(Cl)cc1)c1nnc(SCC(=O)c2ccc(Br)cc2)n1C. The maximum atomic E-state index is 12.7. The molecule has 0 aliphatic carbocycles. The fraction of sp³-hybridized carbons (Fsp3) is 0.273. The summed E-state index contributed by atoms with van der Waals surface area (Å²) in [6, 6.07) is 13.6. The second-order valence-electron chi connectivity index (χ2n) is 7.32. The van der Waals surface area contributed by atoms with Gasteiger partial charge in [-0.2, -0.15) is 0 Å². The van der Waals surface area contributed by atoms with Crippen LogP contribution in [0.4, 0.5) is 0 Å². The Hall–Kier alpha value is -2.16. The first-order valence-corrected chi connectivity index (χ1v) is 11.8. The number of thioether (sulfide) groups is 1. The number of Topliss-reactive ketones (excluding diaryl/α,β-unsaturated/α-hetero) is 1. The average molecular weight is 522 g/mol. The van der Waals surface area contributed by atoms with Crippen molar-refractivity contribution >= 4 is 51.0 Å². The summed E-state index contributed by atoms with van der Waals surface area (Å²) < 4.78 is 2.75. The molecule has 162 valence electrons. The van der Waals surface area contributed by atoms with Crippen LogP contribution in [0.1, 0.15) is 46.4 Å². The number of ketones is 1. The Morgan fingerprint density at radius 1 is 1.06 bits per heavy atom. The second-order valence-corrected chi connectivity index (χ2v) is 9.62. The van der Waals surface area contributed by atoms with E-state index in [1.807, 2.05) is 37.6 Å². The number of aromatic nitrogens is 3. The van der Waals surface area contributed by atoms with Crippen LogP contribution in [0.15, 0.2) is 58.2 Å². The third kappa shape index (κ3) is 5.96. The molecule has 1 aromatic heterocycles. The van der Waals surface area contributed by atoms with E-state index in [1.165, 1.54) is 11.8 Å². The summed E-state index contributed by atoms with van der Waals surface area (Å²) in [6.07, 6.45) is 0. The lowest BCUT2D eigenvalue weighted by atomic mass is 10.0. The molecule has 1 amide bonds. The summed E-state index contributed by atoms with van der Waals surface area (Å²) in [5, 5.41) is 12.8. The van der Waals surface area contributed by atoms with Gasteiger partial charge in [-0.1, -0.05) is 65.3 Å². The number of hydrogen-bond acceptors (Lipinski definition) is 5. The molecule has 0 fully saturated rings. The Balaban J connectivity index is 1.71. The van der Waals surface area contributed by atoms with E-state index in [0.29, 0.717) is 27.1 Å². The zero-order chi connectivity index (χ0) is 22.5. The molecular formula is C22H22BrClN4O2S. The van der Waals surface area contributed by atoms with Crippen molar-refractivity contribution in [2.24, 2.45) is 13.0 Å². The molecule has 0 aliphatic rings. The number of nitrogens with one attached hydrogen (secondary N) is 1. The fourth-order valence-electron chi connectivity index (χ4n) is 2.93. The number of halogens is 2. The largest absolute Gasteiger partial charge is 0.342 e. The fourth-order valence-corrected chi connectivity index (χ4v) is 4.13. The summed E-state index contributed by atoms with van der Waals surface area (Å²) in [4.78, 5) is 25.1. The molecule has 0 saturated heterocycles. The van der Waals surface area contributed by atoms with E-state index in [9.17, 15) is 9.59 Å². The van der Waals surface area contributed by atoms with Crippen molar-refractivity contribution in [1.29, 1.82) is 0 Å². The monoisotopic (exact) mass is 520 g/mol. The lowest BCUT2D eigenvalue weighted by Crippen LogP contribution is -2.33. The van der Waals surface area contributed by atoms with Crippen molar-refractivity contribution < 1.29 is 9.59 Å². The summed E-state index contributed by atoms with van der Waals surface area (Å²) in [5.74, 6) is 0.769. The summed E-state index contributed by atoms with van der Waals surface area (Å²) in [6.45, 7) is 4.01. The van der Waals surface area contributed by atoms with Crippen LogP contribution in [0.5, 0.6) is 0 Å². The van der Waals surface area contributed by atoms with Gasteiger partial charge in [0, 0.05) is 27.7 Å². The van der Waals surface area contributed by atoms with E-state index in [1.54, 1.807) is 36.4 Å². The highest BCUT2D eigenvalue weighted by Crippen LogP contribution is 2.25. The van der Waals surface area contributed by atoms with Crippen molar-refractivity contribution in [2.75, 3.05) is 5.75 Å². The third-order valence-corrected chi connectivity index (χ3v) is 6.51. The topological polar surface area (TPSA) is 76.9 Å². The lowest BCUT2D eigenvalue weighted by molar-refractivity contribution is 0.0921. The van der Waals surface area contributed by atoms with Gasteiger partial charge >= 0.3 is 0 Å². The van der Waals surface area contributed by atoms with Crippen molar-refractivity contribution in [3.63, 3.8) is 0 Å². The Kier molecular flexibility index (Phi) is 7.91.